The number of ether oxygens (including phenoxy) is 1. The lowest BCUT2D eigenvalue weighted by molar-refractivity contribution is -0.0424. The van der Waals surface area contributed by atoms with E-state index < -0.39 is 32.9 Å². The highest BCUT2D eigenvalue weighted by Gasteiger charge is 2.37. The fourth-order valence-corrected chi connectivity index (χ4v) is 3.03. The molecule has 1 aliphatic heterocycles. The normalized spacial score (nSPS) is 24.1. The second-order valence-corrected chi connectivity index (χ2v) is 6.83. The molecule has 3 rings (SSSR count). The summed E-state index contributed by atoms with van der Waals surface area (Å²) in [6, 6.07) is 0. The van der Waals surface area contributed by atoms with E-state index in [1.807, 2.05) is 0 Å². The zero-order valence-electron chi connectivity index (χ0n) is 13.4. The monoisotopic (exact) mass is 375 g/mol. The van der Waals surface area contributed by atoms with Gasteiger partial charge < -0.3 is 24.9 Å². The Morgan fingerprint density at radius 3 is 2.88 bits per heavy atom. The van der Waals surface area contributed by atoms with Crippen LogP contribution in [0.2, 0.25) is 0 Å². The van der Waals surface area contributed by atoms with Crippen molar-refractivity contribution < 1.29 is 28.7 Å². The van der Waals surface area contributed by atoms with Gasteiger partial charge in [0.1, 0.15) is 12.3 Å². The zero-order valence-corrected chi connectivity index (χ0v) is 14.3. The molecule has 0 aromatic carbocycles. The molecule has 0 spiro atoms. The zero-order chi connectivity index (χ0) is 18.4. The number of aliphatic hydroxyl groups is 1. The molecule has 4 N–H and O–H groups in total. The third-order valence-electron chi connectivity index (χ3n) is 3.95. The van der Waals surface area contributed by atoms with Gasteiger partial charge in [-0.3, -0.25) is 18.5 Å². The lowest BCUT2D eigenvalue weighted by Crippen LogP contribution is -2.26. The van der Waals surface area contributed by atoms with E-state index in [1.165, 1.54) is 15.5 Å². The van der Waals surface area contributed by atoms with Crippen LogP contribution in [-0.2, 0) is 20.9 Å². The molecule has 2 aromatic rings. The number of aromatic nitrogens is 4. The van der Waals surface area contributed by atoms with Crippen molar-refractivity contribution in [1.29, 1.82) is 0 Å². The van der Waals surface area contributed by atoms with Crippen molar-refractivity contribution in [3.63, 3.8) is 0 Å². The number of hydrogen-bond acceptors (Lipinski definition) is 8. The number of anilines is 1. The molecular weight excluding hydrogens is 357 g/mol. The van der Waals surface area contributed by atoms with Gasteiger partial charge in [0.2, 0.25) is 5.95 Å². The van der Waals surface area contributed by atoms with Crippen LogP contribution in [0.4, 0.5) is 5.95 Å². The average molecular weight is 375 g/mol. The van der Waals surface area contributed by atoms with Crippen molar-refractivity contribution in [2.24, 2.45) is 7.05 Å². The van der Waals surface area contributed by atoms with Gasteiger partial charge >= 0.3 is 7.82 Å². The Morgan fingerprint density at radius 2 is 2.24 bits per heavy atom. The first kappa shape index (κ1) is 18.0. The smallest absolute Gasteiger partial charge is 0.390 e. The second-order valence-electron chi connectivity index (χ2n) is 5.59. The molecule has 2 aromatic heterocycles. The molecule has 0 bridgehead atoms. The molecule has 3 heterocycles. The third-order valence-corrected chi connectivity index (χ3v) is 4.43. The lowest BCUT2D eigenvalue weighted by Gasteiger charge is -2.16. The Bertz CT molecular complexity index is 890. The molecule has 12 nitrogen and oxygen atoms in total. The first-order valence-electron chi connectivity index (χ1n) is 7.36. The minimum Gasteiger partial charge on any atom is -0.390 e. The fourth-order valence-electron chi connectivity index (χ4n) is 2.69. The van der Waals surface area contributed by atoms with E-state index in [4.69, 9.17) is 14.5 Å². The molecule has 0 unspecified atom stereocenters. The Balaban J connectivity index is 1.89. The molecule has 0 radical (unpaired) electrons. The number of aliphatic hydroxyl groups excluding tert-OH is 1. The van der Waals surface area contributed by atoms with Crippen LogP contribution < -0.4 is 10.9 Å². The van der Waals surface area contributed by atoms with Crippen LogP contribution in [0.15, 0.2) is 11.1 Å². The largest absolute Gasteiger partial charge is 0.469 e. The molecular formula is C12H18N5O7P. The Morgan fingerprint density at radius 1 is 1.52 bits per heavy atom. The molecule has 13 heteroatoms. The van der Waals surface area contributed by atoms with E-state index in [0.29, 0.717) is 5.95 Å². The SMILES string of the molecule is CNc1nc2c(ncn2[C@H]2C[C@H](O)[C@@H](COP(=O)(O)O)O2)c(=O)n1C. The van der Waals surface area contributed by atoms with Crippen molar-refractivity contribution in [3.05, 3.63) is 16.7 Å². The maximum absolute atomic E-state index is 12.3. The van der Waals surface area contributed by atoms with Gasteiger partial charge in [-0.15, -0.1) is 0 Å². The van der Waals surface area contributed by atoms with Crippen LogP contribution in [0.25, 0.3) is 11.2 Å². The highest BCUT2D eigenvalue weighted by atomic mass is 31.2. The molecule has 138 valence electrons. The minimum atomic E-state index is -4.66. The first-order valence-corrected chi connectivity index (χ1v) is 8.89. The molecule has 3 atom stereocenters. The number of nitrogens with zero attached hydrogens (tertiary/aromatic N) is 4. The van der Waals surface area contributed by atoms with E-state index in [1.54, 1.807) is 14.1 Å². The lowest BCUT2D eigenvalue weighted by atomic mass is 10.2. The average Bonchev–Trinajstić information content (AvgIpc) is 3.11. The molecule has 1 saturated heterocycles. The van der Waals surface area contributed by atoms with E-state index in [2.05, 4.69) is 19.8 Å². The van der Waals surface area contributed by atoms with Gasteiger partial charge in [0.25, 0.3) is 5.56 Å². The molecule has 1 aliphatic rings. The molecule has 0 aliphatic carbocycles. The predicted octanol–water partition coefficient (Wildman–Crippen LogP) is -1.07. The Labute approximate surface area is 141 Å². The van der Waals surface area contributed by atoms with Crippen molar-refractivity contribution in [2.75, 3.05) is 19.0 Å². The second kappa shape index (κ2) is 6.48. The maximum Gasteiger partial charge on any atom is 0.469 e. The van der Waals surface area contributed by atoms with Gasteiger partial charge in [0.15, 0.2) is 11.2 Å². The summed E-state index contributed by atoms with van der Waals surface area (Å²) in [5, 5.41) is 12.8. The number of nitrogens with one attached hydrogen (secondary N) is 1. The predicted molar refractivity (Wildman–Crippen MR) is 84.8 cm³/mol. The van der Waals surface area contributed by atoms with Gasteiger partial charge in [-0.1, -0.05) is 0 Å². The summed E-state index contributed by atoms with van der Waals surface area (Å²) >= 11 is 0. The van der Waals surface area contributed by atoms with Gasteiger partial charge in [-0.05, 0) is 0 Å². The maximum atomic E-state index is 12.3. The Hall–Kier alpha value is -1.82. The van der Waals surface area contributed by atoms with Crippen LogP contribution in [-0.4, -0.2) is 59.9 Å². The van der Waals surface area contributed by atoms with E-state index in [0.717, 1.165) is 0 Å². The van der Waals surface area contributed by atoms with Crippen molar-refractivity contribution in [2.45, 2.75) is 24.9 Å². The summed E-state index contributed by atoms with van der Waals surface area (Å²) in [4.78, 5) is 38.2. The quantitative estimate of drug-likeness (QED) is 0.474. The van der Waals surface area contributed by atoms with Crippen LogP contribution in [0.1, 0.15) is 12.6 Å². The van der Waals surface area contributed by atoms with Crippen molar-refractivity contribution >= 4 is 24.9 Å². The standard InChI is InChI=1S/C12H18N5O7P/c1-13-12-15-10-9(11(19)16(12)2)14-5-17(10)8-3-6(18)7(24-8)4-23-25(20,21)22/h5-8,18H,3-4H2,1-2H3,(H,13,15)(H2,20,21,22)/t6-,7+,8+/m0/s1. The van der Waals surface area contributed by atoms with Crippen LogP contribution in [0, 0.1) is 0 Å². The fraction of sp³-hybridized carbons (Fsp3) is 0.583. The number of phosphoric ester groups is 1. The number of hydrogen-bond donors (Lipinski definition) is 4. The summed E-state index contributed by atoms with van der Waals surface area (Å²) in [5.74, 6) is 0.333. The summed E-state index contributed by atoms with van der Waals surface area (Å²) in [7, 11) is -1.48. The van der Waals surface area contributed by atoms with Crippen LogP contribution >= 0.6 is 7.82 Å². The number of fused-ring (bicyclic) bond motifs is 1. The first-order chi connectivity index (χ1) is 11.7. The number of phosphoric acid groups is 1. The van der Waals surface area contributed by atoms with Gasteiger partial charge in [-0.25, -0.2) is 9.55 Å². The molecule has 0 saturated carbocycles. The van der Waals surface area contributed by atoms with Gasteiger partial charge in [0, 0.05) is 20.5 Å². The highest BCUT2D eigenvalue weighted by molar-refractivity contribution is 7.46. The summed E-state index contributed by atoms with van der Waals surface area (Å²) in [6.45, 7) is -0.467. The molecule has 1 fully saturated rings. The van der Waals surface area contributed by atoms with E-state index in [-0.39, 0.29) is 23.1 Å². The van der Waals surface area contributed by atoms with Gasteiger partial charge in [-0.2, -0.15) is 4.98 Å². The molecule has 25 heavy (non-hydrogen) atoms. The topological polar surface area (TPSA) is 161 Å². The van der Waals surface area contributed by atoms with Crippen molar-refractivity contribution in [1.82, 2.24) is 19.1 Å². The number of imidazole rings is 1. The Kier molecular flexibility index (Phi) is 4.66. The van der Waals surface area contributed by atoms with E-state index >= 15 is 0 Å². The summed E-state index contributed by atoms with van der Waals surface area (Å²) in [5.41, 5.74) is 0.0868. The van der Waals surface area contributed by atoms with Crippen LogP contribution in [0.3, 0.4) is 0 Å². The molecule has 0 amide bonds. The minimum absolute atomic E-state index is 0.131. The van der Waals surface area contributed by atoms with Crippen molar-refractivity contribution in [3.8, 4) is 0 Å². The number of rotatable bonds is 5. The summed E-state index contributed by atoms with van der Waals surface area (Å²) < 4.78 is 23.6. The van der Waals surface area contributed by atoms with E-state index in [9.17, 15) is 14.5 Å². The highest BCUT2D eigenvalue weighted by Crippen LogP contribution is 2.38. The van der Waals surface area contributed by atoms with Gasteiger partial charge in [0.05, 0.1) is 19.0 Å². The van der Waals surface area contributed by atoms with Crippen LogP contribution in [0.5, 0.6) is 0 Å². The summed E-state index contributed by atoms with van der Waals surface area (Å²) in [6.07, 6.45) is -1.11. The third kappa shape index (κ3) is 3.45.